The highest BCUT2D eigenvalue weighted by molar-refractivity contribution is 7.90. The fourth-order valence-electron chi connectivity index (χ4n) is 2.25. The summed E-state index contributed by atoms with van der Waals surface area (Å²) in [7, 11) is -0.836. The lowest BCUT2D eigenvalue weighted by Gasteiger charge is -2.27. The van der Waals surface area contributed by atoms with Gasteiger partial charge in [-0.3, -0.25) is 9.52 Å². The van der Waals surface area contributed by atoms with Gasteiger partial charge in [0.2, 0.25) is 0 Å². The maximum atomic E-state index is 12.5. The number of piperidine rings is 1. The highest BCUT2D eigenvalue weighted by Crippen LogP contribution is 2.25. The number of carbonyl (C=O) groups is 1. The van der Waals surface area contributed by atoms with Crippen LogP contribution in [0.4, 0.5) is 5.69 Å². The average Bonchev–Trinajstić information content (AvgIpc) is 2.49. The maximum Gasteiger partial charge on any atom is 0.301 e. The van der Waals surface area contributed by atoms with E-state index in [1.54, 1.807) is 11.0 Å². The topological polar surface area (TPSA) is 69.7 Å². The fraction of sp³-hybridized carbons (Fsp3) is 0.500. The SMILES string of the molecule is CN(C)S(=O)(=O)Nc1cc(C(=O)N2CCCCC2)ccc1Cl. The Bertz CT molecular complexity index is 655. The Balaban J connectivity index is 2.24. The van der Waals surface area contributed by atoms with Gasteiger partial charge in [0.05, 0.1) is 10.7 Å². The molecule has 1 N–H and O–H groups in total. The molecule has 1 aromatic carbocycles. The lowest BCUT2D eigenvalue weighted by atomic mass is 10.1. The molecule has 1 amide bonds. The summed E-state index contributed by atoms with van der Waals surface area (Å²) >= 11 is 6.03. The average molecular weight is 346 g/mol. The van der Waals surface area contributed by atoms with E-state index < -0.39 is 10.2 Å². The number of carbonyl (C=O) groups excluding carboxylic acids is 1. The van der Waals surface area contributed by atoms with Crippen molar-refractivity contribution in [2.24, 2.45) is 0 Å². The first kappa shape index (κ1) is 17.1. The molecule has 6 nitrogen and oxygen atoms in total. The first-order valence-corrected chi connectivity index (χ1v) is 8.92. The number of nitrogens with one attached hydrogen (secondary N) is 1. The van der Waals surface area contributed by atoms with Crippen molar-refractivity contribution in [2.75, 3.05) is 31.9 Å². The predicted molar refractivity (Wildman–Crippen MR) is 87.4 cm³/mol. The van der Waals surface area contributed by atoms with Gasteiger partial charge in [-0.2, -0.15) is 12.7 Å². The van der Waals surface area contributed by atoms with Crippen molar-refractivity contribution in [3.05, 3.63) is 28.8 Å². The molecule has 1 fully saturated rings. The second-order valence-electron chi connectivity index (χ2n) is 5.44. The van der Waals surface area contributed by atoms with Gasteiger partial charge in [-0.15, -0.1) is 0 Å². The quantitative estimate of drug-likeness (QED) is 0.909. The van der Waals surface area contributed by atoms with Crippen LogP contribution in [-0.4, -0.2) is 50.7 Å². The standard InChI is InChI=1S/C14H20ClN3O3S/c1-17(2)22(20,21)16-13-10-11(6-7-12(13)15)14(19)18-8-4-3-5-9-18/h6-7,10,16H,3-5,8-9H2,1-2H3. The molecule has 1 aliphatic rings. The lowest BCUT2D eigenvalue weighted by molar-refractivity contribution is 0.0724. The summed E-state index contributed by atoms with van der Waals surface area (Å²) in [6, 6.07) is 4.64. The molecule has 0 spiro atoms. The molecule has 1 aromatic rings. The van der Waals surface area contributed by atoms with Crippen LogP contribution in [0.3, 0.4) is 0 Å². The van der Waals surface area contributed by atoms with Crippen LogP contribution in [0.2, 0.25) is 5.02 Å². The Morgan fingerprint density at radius 2 is 1.86 bits per heavy atom. The molecule has 0 aromatic heterocycles. The fourth-order valence-corrected chi connectivity index (χ4v) is 3.10. The van der Waals surface area contributed by atoms with Crippen LogP contribution < -0.4 is 4.72 Å². The number of hydrogen-bond acceptors (Lipinski definition) is 3. The molecule has 0 unspecified atom stereocenters. The molecule has 0 saturated carbocycles. The van der Waals surface area contributed by atoms with Gasteiger partial charge in [0, 0.05) is 32.7 Å². The Morgan fingerprint density at radius 1 is 1.23 bits per heavy atom. The molecule has 1 heterocycles. The number of benzene rings is 1. The van der Waals surface area contributed by atoms with Crippen molar-refractivity contribution in [2.45, 2.75) is 19.3 Å². The lowest BCUT2D eigenvalue weighted by Crippen LogP contribution is -2.35. The van der Waals surface area contributed by atoms with Crippen molar-refractivity contribution < 1.29 is 13.2 Å². The minimum Gasteiger partial charge on any atom is -0.339 e. The summed E-state index contributed by atoms with van der Waals surface area (Å²) in [5.74, 6) is -0.0957. The van der Waals surface area contributed by atoms with Gasteiger partial charge >= 0.3 is 10.2 Å². The minimum atomic E-state index is -3.67. The van der Waals surface area contributed by atoms with E-state index in [1.165, 1.54) is 26.2 Å². The summed E-state index contributed by atoms with van der Waals surface area (Å²) in [5, 5.41) is 0.251. The Hall–Kier alpha value is -1.31. The smallest absolute Gasteiger partial charge is 0.301 e. The zero-order valence-corrected chi connectivity index (χ0v) is 14.2. The van der Waals surface area contributed by atoms with Gasteiger partial charge in [-0.05, 0) is 37.5 Å². The van der Waals surface area contributed by atoms with Crippen molar-refractivity contribution >= 4 is 33.4 Å². The molecular formula is C14H20ClN3O3S. The minimum absolute atomic E-state index is 0.0957. The predicted octanol–water partition coefficient (Wildman–Crippen LogP) is 2.18. The third-order valence-corrected chi connectivity index (χ3v) is 5.35. The molecular weight excluding hydrogens is 326 g/mol. The van der Waals surface area contributed by atoms with Crippen molar-refractivity contribution in [1.29, 1.82) is 0 Å². The Morgan fingerprint density at radius 3 is 2.45 bits per heavy atom. The molecule has 0 radical (unpaired) electrons. The van der Waals surface area contributed by atoms with Gasteiger partial charge in [0.15, 0.2) is 0 Å². The van der Waals surface area contributed by atoms with E-state index in [0.29, 0.717) is 5.56 Å². The first-order chi connectivity index (χ1) is 10.3. The number of nitrogens with zero attached hydrogens (tertiary/aromatic N) is 2. The van der Waals surface area contributed by atoms with Crippen molar-refractivity contribution in [3.63, 3.8) is 0 Å². The largest absolute Gasteiger partial charge is 0.339 e. The van der Waals surface area contributed by atoms with Crippen molar-refractivity contribution in [3.8, 4) is 0 Å². The van der Waals surface area contributed by atoms with Gasteiger partial charge in [-0.25, -0.2) is 0 Å². The maximum absolute atomic E-state index is 12.5. The number of amides is 1. The Labute approximate surface area is 136 Å². The summed E-state index contributed by atoms with van der Waals surface area (Å²) < 4.78 is 27.2. The van der Waals surface area contributed by atoms with Crippen LogP contribution in [-0.2, 0) is 10.2 Å². The van der Waals surface area contributed by atoms with E-state index in [9.17, 15) is 13.2 Å². The first-order valence-electron chi connectivity index (χ1n) is 7.10. The van der Waals surface area contributed by atoms with E-state index in [2.05, 4.69) is 4.72 Å². The second kappa shape index (κ2) is 6.85. The van der Waals surface area contributed by atoms with Gasteiger partial charge < -0.3 is 4.90 Å². The zero-order valence-electron chi connectivity index (χ0n) is 12.7. The third-order valence-electron chi connectivity index (χ3n) is 3.58. The number of anilines is 1. The zero-order chi connectivity index (χ0) is 16.3. The molecule has 22 heavy (non-hydrogen) atoms. The van der Waals surface area contributed by atoms with Crippen LogP contribution >= 0.6 is 11.6 Å². The summed E-state index contributed by atoms with van der Waals surface area (Å²) in [5.41, 5.74) is 0.640. The van der Waals surface area contributed by atoms with E-state index in [4.69, 9.17) is 11.6 Å². The molecule has 1 aliphatic heterocycles. The molecule has 2 rings (SSSR count). The third kappa shape index (κ3) is 3.91. The summed E-state index contributed by atoms with van der Waals surface area (Å²) in [6.07, 6.45) is 3.14. The number of rotatable bonds is 4. The van der Waals surface area contributed by atoms with Gasteiger partial charge in [-0.1, -0.05) is 11.6 Å². The van der Waals surface area contributed by atoms with E-state index in [-0.39, 0.29) is 16.6 Å². The van der Waals surface area contributed by atoms with Crippen molar-refractivity contribution in [1.82, 2.24) is 9.21 Å². The van der Waals surface area contributed by atoms with Crippen LogP contribution in [0.25, 0.3) is 0 Å². The van der Waals surface area contributed by atoms with Gasteiger partial charge in [0.25, 0.3) is 5.91 Å². The van der Waals surface area contributed by atoms with Crippen LogP contribution in [0.1, 0.15) is 29.6 Å². The molecule has 0 bridgehead atoms. The van der Waals surface area contributed by atoms with Crippen LogP contribution in [0.15, 0.2) is 18.2 Å². The highest BCUT2D eigenvalue weighted by atomic mass is 35.5. The number of likely N-dealkylation sites (tertiary alicyclic amines) is 1. The monoisotopic (exact) mass is 345 g/mol. The molecule has 122 valence electrons. The van der Waals surface area contributed by atoms with Crippen LogP contribution in [0.5, 0.6) is 0 Å². The second-order valence-corrected chi connectivity index (χ2v) is 7.73. The molecule has 1 saturated heterocycles. The Kier molecular flexibility index (Phi) is 5.31. The molecule has 8 heteroatoms. The van der Waals surface area contributed by atoms with E-state index in [0.717, 1.165) is 36.7 Å². The van der Waals surface area contributed by atoms with Gasteiger partial charge in [0.1, 0.15) is 0 Å². The van der Waals surface area contributed by atoms with Crippen LogP contribution in [0, 0.1) is 0 Å². The summed E-state index contributed by atoms with van der Waals surface area (Å²) in [6.45, 7) is 1.47. The van der Waals surface area contributed by atoms with E-state index in [1.807, 2.05) is 0 Å². The number of halogens is 1. The molecule has 0 aliphatic carbocycles. The highest BCUT2D eigenvalue weighted by Gasteiger charge is 2.20. The normalized spacial score (nSPS) is 15.9. The molecule has 0 atom stereocenters. The number of hydrogen-bond donors (Lipinski definition) is 1. The van der Waals surface area contributed by atoms with E-state index >= 15 is 0 Å². The summed E-state index contributed by atoms with van der Waals surface area (Å²) in [4.78, 5) is 14.2.